The molecule has 0 bridgehead atoms. The zero-order valence-electron chi connectivity index (χ0n) is 9.35. The van der Waals surface area contributed by atoms with Crippen LogP contribution in [0.25, 0.3) is 0 Å². The lowest BCUT2D eigenvalue weighted by Gasteiger charge is -2.08. The summed E-state index contributed by atoms with van der Waals surface area (Å²) in [5, 5.41) is 7.36. The molecular weight excluding hydrogens is 204 g/mol. The molecule has 0 spiro atoms. The van der Waals surface area contributed by atoms with Crippen molar-refractivity contribution in [1.29, 1.82) is 0 Å². The van der Waals surface area contributed by atoms with Gasteiger partial charge in [-0.25, -0.2) is 4.98 Å². The summed E-state index contributed by atoms with van der Waals surface area (Å²) in [6, 6.07) is 0.0596. The van der Waals surface area contributed by atoms with E-state index in [1.807, 2.05) is 0 Å². The van der Waals surface area contributed by atoms with Crippen LogP contribution in [0.1, 0.15) is 49.2 Å². The minimum Gasteiger partial charge on any atom is -0.379 e. The normalized spacial score (nSPS) is 31.3. The summed E-state index contributed by atoms with van der Waals surface area (Å²) in [4.78, 5) is 4.60. The van der Waals surface area contributed by atoms with E-state index in [2.05, 4.69) is 15.2 Å². The van der Waals surface area contributed by atoms with Gasteiger partial charge in [0.15, 0.2) is 5.82 Å². The maximum Gasteiger partial charge on any atom is 0.153 e. The van der Waals surface area contributed by atoms with Crippen molar-refractivity contribution in [1.82, 2.24) is 15.2 Å². The fourth-order valence-corrected chi connectivity index (χ4v) is 2.67. The monoisotopic (exact) mass is 222 g/mol. The average Bonchev–Trinajstić information content (AvgIpc) is 2.96. The number of nitrogens with two attached hydrogens (primary N) is 1. The van der Waals surface area contributed by atoms with Gasteiger partial charge in [-0.15, -0.1) is 0 Å². The van der Waals surface area contributed by atoms with Crippen LogP contribution in [0.15, 0.2) is 0 Å². The molecule has 1 aromatic rings. The number of hydrogen-bond donors (Lipinski definition) is 2. The Morgan fingerprint density at radius 3 is 2.75 bits per heavy atom. The number of H-pyrrole nitrogens is 1. The van der Waals surface area contributed by atoms with Crippen LogP contribution in [0.2, 0.25) is 0 Å². The molecule has 1 aromatic heterocycles. The average molecular weight is 222 g/mol. The zero-order valence-corrected chi connectivity index (χ0v) is 9.35. The largest absolute Gasteiger partial charge is 0.379 e. The molecular formula is C11H18N4O. The van der Waals surface area contributed by atoms with E-state index >= 15 is 0 Å². The number of ether oxygens (including phenoxy) is 1. The van der Waals surface area contributed by atoms with Gasteiger partial charge in [-0.05, 0) is 12.8 Å². The third-order valence-electron chi connectivity index (χ3n) is 3.72. The van der Waals surface area contributed by atoms with E-state index in [-0.39, 0.29) is 12.0 Å². The molecule has 2 unspecified atom stereocenters. The number of nitrogens with one attached hydrogen (secondary N) is 1. The van der Waals surface area contributed by atoms with E-state index in [1.165, 1.54) is 25.7 Å². The zero-order chi connectivity index (χ0) is 11.0. The molecule has 2 aliphatic rings. The summed E-state index contributed by atoms with van der Waals surface area (Å²) < 4.78 is 5.35. The lowest BCUT2D eigenvalue weighted by Crippen LogP contribution is -2.27. The van der Waals surface area contributed by atoms with Gasteiger partial charge in [0.25, 0.3) is 0 Å². The van der Waals surface area contributed by atoms with Gasteiger partial charge in [0, 0.05) is 12.0 Å². The molecule has 0 radical (unpaired) electrons. The van der Waals surface area contributed by atoms with Gasteiger partial charge >= 0.3 is 0 Å². The highest BCUT2D eigenvalue weighted by Gasteiger charge is 2.30. The van der Waals surface area contributed by atoms with Crippen molar-refractivity contribution >= 4 is 0 Å². The molecule has 3 rings (SSSR count). The van der Waals surface area contributed by atoms with Crippen molar-refractivity contribution in [3.05, 3.63) is 11.6 Å². The van der Waals surface area contributed by atoms with Gasteiger partial charge in [0.2, 0.25) is 0 Å². The Morgan fingerprint density at radius 1 is 1.25 bits per heavy atom. The summed E-state index contributed by atoms with van der Waals surface area (Å²) in [5.41, 5.74) is 5.96. The Balaban J connectivity index is 1.76. The van der Waals surface area contributed by atoms with Gasteiger partial charge in [-0.2, -0.15) is 5.10 Å². The Kier molecular flexibility index (Phi) is 2.65. The molecule has 5 heteroatoms. The minimum atomic E-state index is 0.0596. The third kappa shape index (κ3) is 1.74. The SMILES string of the molecule is NC1COCC1c1nc(C2CCCC2)n[nH]1. The molecule has 0 aromatic carbocycles. The van der Waals surface area contributed by atoms with Crippen LogP contribution >= 0.6 is 0 Å². The van der Waals surface area contributed by atoms with Gasteiger partial charge in [0.1, 0.15) is 5.82 Å². The Labute approximate surface area is 94.8 Å². The predicted octanol–water partition coefficient (Wildman–Crippen LogP) is 0.903. The Hall–Kier alpha value is -0.940. The third-order valence-corrected chi connectivity index (χ3v) is 3.72. The van der Waals surface area contributed by atoms with Crippen LogP contribution in [0, 0.1) is 0 Å². The molecule has 3 N–H and O–H groups in total. The van der Waals surface area contributed by atoms with E-state index < -0.39 is 0 Å². The van der Waals surface area contributed by atoms with E-state index in [0.717, 1.165) is 11.6 Å². The molecule has 88 valence electrons. The highest BCUT2D eigenvalue weighted by molar-refractivity contribution is 5.07. The van der Waals surface area contributed by atoms with Gasteiger partial charge in [-0.1, -0.05) is 12.8 Å². The van der Waals surface area contributed by atoms with Crippen molar-refractivity contribution in [2.24, 2.45) is 5.73 Å². The Bertz CT molecular complexity index is 359. The molecule has 1 saturated heterocycles. The molecule has 1 aliphatic heterocycles. The first-order chi connectivity index (χ1) is 7.84. The summed E-state index contributed by atoms with van der Waals surface area (Å²) in [6.45, 7) is 1.30. The van der Waals surface area contributed by atoms with Crippen molar-refractivity contribution in [3.8, 4) is 0 Å². The van der Waals surface area contributed by atoms with E-state index in [4.69, 9.17) is 10.5 Å². The standard InChI is InChI=1S/C11H18N4O/c12-9-6-16-5-8(9)11-13-10(14-15-11)7-3-1-2-4-7/h7-9H,1-6,12H2,(H,13,14,15). The van der Waals surface area contributed by atoms with Crippen LogP contribution in [0.4, 0.5) is 0 Å². The second-order valence-electron chi connectivity index (χ2n) is 4.87. The maximum absolute atomic E-state index is 5.96. The first kappa shape index (κ1) is 10.2. The molecule has 2 atom stereocenters. The number of hydrogen-bond acceptors (Lipinski definition) is 4. The number of aromatic amines is 1. The predicted molar refractivity (Wildman–Crippen MR) is 59.1 cm³/mol. The van der Waals surface area contributed by atoms with Gasteiger partial charge < -0.3 is 10.5 Å². The van der Waals surface area contributed by atoms with E-state index in [9.17, 15) is 0 Å². The first-order valence-corrected chi connectivity index (χ1v) is 6.10. The molecule has 16 heavy (non-hydrogen) atoms. The summed E-state index contributed by atoms with van der Waals surface area (Å²) in [5.74, 6) is 2.64. The summed E-state index contributed by atoms with van der Waals surface area (Å²) >= 11 is 0. The highest BCUT2D eigenvalue weighted by Crippen LogP contribution is 2.32. The maximum atomic E-state index is 5.96. The molecule has 1 aliphatic carbocycles. The van der Waals surface area contributed by atoms with Gasteiger partial charge in [-0.3, -0.25) is 5.10 Å². The van der Waals surface area contributed by atoms with Gasteiger partial charge in [0.05, 0.1) is 19.1 Å². The topological polar surface area (TPSA) is 76.8 Å². The molecule has 1 saturated carbocycles. The number of aromatic nitrogens is 3. The lowest BCUT2D eigenvalue weighted by atomic mass is 10.0. The van der Waals surface area contributed by atoms with Crippen LogP contribution in [-0.4, -0.2) is 34.4 Å². The Morgan fingerprint density at radius 2 is 2.06 bits per heavy atom. The molecule has 2 fully saturated rings. The smallest absolute Gasteiger partial charge is 0.153 e. The molecule has 2 heterocycles. The van der Waals surface area contributed by atoms with Crippen LogP contribution in [-0.2, 0) is 4.74 Å². The lowest BCUT2D eigenvalue weighted by molar-refractivity contribution is 0.190. The minimum absolute atomic E-state index is 0.0596. The highest BCUT2D eigenvalue weighted by atomic mass is 16.5. The summed E-state index contributed by atoms with van der Waals surface area (Å²) in [6.07, 6.45) is 5.07. The first-order valence-electron chi connectivity index (χ1n) is 6.10. The van der Waals surface area contributed by atoms with Crippen molar-refractivity contribution < 1.29 is 4.74 Å². The van der Waals surface area contributed by atoms with Crippen LogP contribution < -0.4 is 5.73 Å². The molecule has 5 nitrogen and oxygen atoms in total. The van der Waals surface area contributed by atoms with Crippen molar-refractivity contribution in [2.45, 2.75) is 43.6 Å². The molecule has 0 amide bonds. The second-order valence-corrected chi connectivity index (χ2v) is 4.87. The quantitative estimate of drug-likeness (QED) is 0.779. The number of rotatable bonds is 2. The van der Waals surface area contributed by atoms with E-state index in [1.54, 1.807) is 0 Å². The number of nitrogens with zero attached hydrogens (tertiary/aromatic N) is 2. The second kappa shape index (κ2) is 4.14. The van der Waals surface area contributed by atoms with Crippen LogP contribution in [0.5, 0.6) is 0 Å². The summed E-state index contributed by atoms with van der Waals surface area (Å²) in [7, 11) is 0. The fourth-order valence-electron chi connectivity index (χ4n) is 2.67. The van der Waals surface area contributed by atoms with E-state index in [0.29, 0.717) is 19.1 Å². The van der Waals surface area contributed by atoms with Crippen LogP contribution in [0.3, 0.4) is 0 Å². The van der Waals surface area contributed by atoms with Crippen molar-refractivity contribution in [2.75, 3.05) is 13.2 Å². The van der Waals surface area contributed by atoms with Crippen molar-refractivity contribution in [3.63, 3.8) is 0 Å². The fraction of sp³-hybridized carbons (Fsp3) is 0.818.